The molecule has 13 heteroatoms. The number of rotatable bonds is 9. The summed E-state index contributed by atoms with van der Waals surface area (Å²) in [4.78, 5) is 16.7. The second kappa shape index (κ2) is 11.4. The largest absolute Gasteiger partial charge is 0.325 e. The van der Waals surface area contributed by atoms with Gasteiger partial charge in [-0.25, -0.2) is 16.8 Å². The number of pyridine rings is 1. The molecule has 196 valence electrons. The summed E-state index contributed by atoms with van der Waals surface area (Å²) in [5.74, 6) is -0.676. The van der Waals surface area contributed by atoms with Gasteiger partial charge < -0.3 is 5.32 Å². The minimum atomic E-state index is -4.17. The Kier molecular flexibility index (Phi) is 8.22. The van der Waals surface area contributed by atoms with Gasteiger partial charge >= 0.3 is 0 Å². The number of anilines is 3. The minimum absolute atomic E-state index is 0.0282. The van der Waals surface area contributed by atoms with Gasteiger partial charge in [0, 0.05) is 21.9 Å². The van der Waals surface area contributed by atoms with Crippen molar-refractivity contribution in [2.24, 2.45) is 0 Å². The Bertz CT molecular complexity index is 1630. The van der Waals surface area contributed by atoms with Crippen molar-refractivity contribution in [1.29, 1.82) is 0 Å². The van der Waals surface area contributed by atoms with E-state index in [-0.39, 0.29) is 31.2 Å². The minimum Gasteiger partial charge on any atom is -0.325 e. The van der Waals surface area contributed by atoms with E-state index in [2.05, 4.69) is 15.0 Å². The number of amides is 1. The predicted octanol–water partition coefficient (Wildman–Crippen LogP) is 5.02. The van der Waals surface area contributed by atoms with Crippen molar-refractivity contribution in [1.82, 2.24) is 4.98 Å². The molecule has 0 aliphatic rings. The summed E-state index contributed by atoms with van der Waals surface area (Å²) in [5, 5.41) is 2.97. The SMILES string of the molecule is O=C(CN(c1cc(Cl)cc(Cl)c1)S(=O)(=O)c1ccccc1)Nc1ccc(S(=O)(=O)Nc2cccnc2)cc1. The first-order valence-electron chi connectivity index (χ1n) is 10.9. The van der Waals surface area contributed by atoms with Crippen molar-refractivity contribution in [2.45, 2.75) is 9.79 Å². The Balaban J connectivity index is 1.55. The lowest BCUT2D eigenvalue weighted by atomic mass is 10.3. The molecule has 0 spiro atoms. The molecule has 0 fully saturated rings. The van der Waals surface area contributed by atoms with Crippen LogP contribution in [0.5, 0.6) is 0 Å². The van der Waals surface area contributed by atoms with Crippen LogP contribution in [0.2, 0.25) is 10.0 Å². The standard InChI is InChI=1S/C25H20Cl2N4O5S2/c26-18-13-19(27)15-22(14-18)31(38(35,36)24-6-2-1-3-7-24)17-25(32)29-20-8-10-23(11-9-20)37(33,34)30-21-5-4-12-28-16-21/h1-16,30H,17H2,(H,29,32). The molecule has 0 radical (unpaired) electrons. The second-order valence-electron chi connectivity index (χ2n) is 7.87. The number of aromatic nitrogens is 1. The van der Waals surface area contributed by atoms with Gasteiger partial charge in [-0.3, -0.25) is 18.8 Å². The third-order valence-electron chi connectivity index (χ3n) is 5.12. The molecule has 4 aromatic rings. The molecule has 0 aliphatic heterocycles. The third-order valence-corrected chi connectivity index (χ3v) is 8.74. The quantitative estimate of drug-likeness (QED) is 0.282. The van der Waals surface area contributed by atoms with Crippen LogP contribution in [0, 0.1) is 0 Å². The molecule has 9 nitrogen and oxygen atoms in total. The van der Waals surface area contributed by atoms with Gasteiger partial charge in [-0.2, -0.15) is 0 Å². The average molecular weight is 591 g/mol. The highest BCUT2D eigenvalue weighted by molar-refractivity contribution is 7.93. The van der Waals surface area contributed by atoms with Gasteiger partial charge in [0.1, 0.15) is 6.54 Å². The molecule has 0 unspecified atom stereocenters. The van der Waals surface area contributed by atoms with E-state index in [9.17, 15) is 21.6 Å². The van der Waals surface area contributed by atoms with E-state index < -0.39 is 32.5 Å². The van der Waals surface area contributed by atoms with E-state index in [1.54, 1.807) is 30.3 Å². The van der Waals surface area contributed by atoms with Gasteiger partial charge in [0.25, 0.3) is 20.0 Å². The summed E-state index contributed by atoms with van der Waals surface area (Å²) in [6.07, 6.45) is 2.89. The van der Waals surface area contributed by atoms with Crippen LogP contribution >= 0.6 is 23.2 Å². The molecule has 2 N–H and O–H groups in total. The number of carbonyl (C=O) groups is 1. The Morgan fingerprint density at radius 3 is 2.05 bits per heavy atom. The molecule has 1 amide bonds. The highest BCUT2D eigenvalue weighted by Gasteiger charge is 2.28. The van der Waals surface area contributed by atoms with E-state index in [4.69, 9.17) is 23.2 Å². The molecule has 0 atom stereocenters. The summed E-state index contributed by atoms with van der Waals surface area (Å²) in [5.41, 5.74) is 0.659. The predicted molar refractivity (Wildman–Crippen MR) is 148 cm³/mol. The number of nitrogens with zero attached hydrogens (tertiary/aromatic N) is 2. The van der Waals surface area contributed by atoms with Gasteiger partial charge in [0.2, 0.25) is 5.91 Å². The van der Waals surface area contributed by atoms with Crippen molar-refractivity contribution in [3.05, 3.63) is 107 Å². The lowest BCUT2D eigenvalue weighted by molar-refractivity contribution is -0.114. The fraction of sp³-hybridized carbons (Fsp3) is 0.0400. The highest BCUT2D eigenvalue weighted by Crippen LogP contribution is 2.30. The zero-order chi connectivity index (χ0) is 27.3. The molecule has 0 saturated carbocycles. The molecule has 38 heavy (non-hydrogen) atoms. The van der Waals surface area contributed by atoms with Gasteiger partial charge in [-0.1, -0.05) is 41.4 Å². The van der Waals surface area contributed by atoms with Crippen LogP contribution in [0.1, 0.15) is 0 Å². The first-order valence-corrected chi connectivity index (χ1v) is 14.6. The van der Waals surface area contributed by atoms with Crippen LogP contribution in [-0.4, -0.2) is 34.3 Å². The van der Waals surface area contributed by atoms with Gasteiger partial charge in [-0.15, -0.1) is 0 Å². The van der Waals surface area contributed by atoms with Gasteiger partial charge in [0.15, 0.2) is 0 Å². The second-order valence-corrected chi connectivity index (χ2v) is 12.3. The molecule has 1 aromatic heterocycles. The van der Waals surface area contributed by atoms with Crippen LogP contribution in [0.4, 0.5) is 17.1 Å². The number of hydrogen-bond acceptors (Lipinski definition) is 6. The summed E-state index contributed by atoms with van der Waals surface area (Å²) in [7, 11) is -8.06. The first kappa shape index (κ1) is 27.4. The van der Waals surface area contributed by atoms with Crippen molar-refractivity contribution in [2.75, 3.05) is 20.9 Å². The lowest BCUT2D eigenvalue weighted by Crippen LogP contribution is -2.38. The summed E-state index contributed by atoms with van der Waals surface area (Å²) >= 11 is 12.2. The maximum absolute atomic E-state index is 13.4. The fourth-order valence-corrected chi connectivity index (χ4v) is 6.39. The molecular formula is C25H20Cl2N4O5S2. The summed E-state index contributed by atoms with van der Waals surface area (Å²) in [6.45, 7) is -0.601. The molecule has 1 heterocycles. The zero-order valence-electron chi connectivity index (χ0n) is 19.5. The number of halogens is 2. The number of carbonyl (C=O) groups excluding carboxylic acids is 1. The number of hydrogen-bond donors (Lipinski definition) is 2. The van der Waals surface area contributed by atoms with Crippen molar-refractivity contribution < 1.29 is 21.6 Å². The Labute approximate surface area is 230 Å². The van der Waals surface area contributed by atoms with Crippen LogP contribution in [0.15, 0.2) is 107 Å². The maximum atomic E-state index is 13.4. The molecule has 0 aliphatic carbocycles. The first-order chi connectivity index (χ1) is 18.0. The van der Waals surface area contributed by atoms with E-state index in [0.29, 0.717) is 5.69 Å². The van der Waals surface area contributed by atoms with Crippen molar-refractivity contribution >= 4 is 66.2 Å². The van der Waals surface area contributed by atoms with Crippen molar-refractivity contribution in [3.63, 3.8) is 0 Å². The summed E-state index contributed by atoms with van der Waals surface area (Å²) in [6, 6.07) is 20.4. The normalized spacial score (nSPS) is 11.5. The van der Waals surface area contributed by atoms with Crippen LogP contribution < -0.4 is 14.3 Å². The molecule has 0 saturated heterocycles. The Morgan fingerprint density at radius 2 is 1.45 bits per heavy atom. The smallest absolute Gasteiger partial charge is 0.264 e. The topological polar surface area (TPSA) is 126 Å². The average Bonchev–Trinajstić information content (AvgIpc) is 2.88. The Hall–Kier alpha value is -3.64. The zero-order valence-corrected chi connectivity index (χ0v) is 22.6. The van der Waals surface area contributed by atoms with Crippen LogP contribution in [-0.2, 0) is 24.8 Å². The van der Waals surface area contributed by atoms with Crippen LogP contribution in [0.25, 0.3) is 0 Å². The molecule has 0 bridgehead atoms. The molecule has 3 aromatic carbocycles. The van der Waals surface area contributed by atoms with Crippen LogP contribution in [0.3, 0.4) is 0 Å². The van der Waals surface area contributed by atoms with Crippen molar-refractivity contribution in [3.8, 4) is 0 Å². The van der Waals surface area contributed by atoms with E-state index in [1.165, 1.54) is 67.0 Å². The number of nitrogens with one attached hydrogen (secondary N) is 2. The third kappa shape index (κ3) is 6.62. The van der Waals surface area contributed by atoms with E-state index in [0.717, 1.165) is 4.31 Å². The van der Waals surface area contributed by atoms with E-state index >= 15 is 0 Å². The number of benzene rings is 3. The number of sulfonamides is 2. The Morgan fingerprint density at radius 1 is 0.789 bits per heavy atom. The fourth-order valence-electron chi connectivity index (χ4n) is 3.40. The molecule has 4 rings (SSSR count). The van der Waals surface area contributed by atoms with Gasteiger partial charge in [0.05, 0.1) is 27.4 Å². The maximum Gasteiger partial charge on any atom is 0.264 e. The van der Waals surface area contributed by atoms with Gasteiger partial charge in [-0.05, 0) is 66.7 Å². The highest BCUT2D eigenvalue weighted by atomic mass is 35.5. The monoisotopic (exact) mass is 590 g/mol. The van der Waals surface area contributed by atoms with E-state index in [1.807, 2.05) is 0 Å². The molecular weight excluding hydrogens is 571 g/mol. The summed E-state index contributed by atoms with van der Waals surface area (Å²) < 4.78 is 55.4. The lowest BCUT2D eigenvalue weighted by Gasteiger charge is -2.24.